The highest BCUT2D eigenvalue weighted by molar-refractivity contribution is 7.12. The number of hydrogen-bond acceptors (Lipinski definition) is 4. The highest BCUT2D eigenvalue weighted by Gasteiger charge is 2.09. The summed E-state index contributed by atoms with van der Waals surface area (Å²) in [6.07, 6.45) is 0.719. The fourth-order valence-electron chi connectivity index (χ4n) is 1.73. The van der Waals surface area contributed by atoms with E-state index in [4.69, 9.17) is 0 Å². The summed E-state index contributed by atoms with van der Waals surface area (Å²) >= 11 is 1.75. The fraction of sp³-hybridized carbons (Fsp3) is 0.385. The number of aromatic amines is 1. The maximum Gasteiger partial charge on any atom is 0.252 e. The monoisotopic (exact) mass is 263 g/mol. The summed E-state index contributed by atoms with van der Waals surface area (Å²) < 4.78 is 0. The lowest BCUT2D eigenvalue weighted by Crippen LogP contribution is -2.14. The highest BCUT2D eigenvalue weighted by atomic mass is 32.1. The molecule has 2 heterocycles. The molecular weight excluding hydrogens is 246 g/mol. The molecule has 0 spiro atoms. The van der Waals surface area contributed by atoms with E-state index in [0.29, 0.717) is 11.6 Å². The third-order valence-electron chi connectivity index (χ3n) is 2.68. The second-order valence-corrected chi connectivity index (χ2v) is 5.56. The number of H-pyrrole nitrogens is 1. The van der Waals surface area contributed by atoms with Crippen molar-refractivity contribution in [2.45, 2.75) is 33.2 Å². The van der Waals surface area contributed by atoms with Crippen LogP contribution in [0.4, 0.5) is 5.82 Å². The van der Waals surface area contributed by atoms with Gasteiger partial charge in [0.2, 0.25) is 0 Å². The molecule has 0 aliphatic carbocycles. The second kappa shape index (κ2) is 5.35. The molecule has 0 amide bonds. The van der Waals surface area contributed by atoms with Crippen molar-refractivity contribution in [2.24, 2.45) is 0 Å². The summed E-state index contributed by atoms with van der Waals surface area (Å²) in [5, 5.41) is 3.27. The molecule has 1 atom stereocenters. The topological polar surface area (TPSA) is 57.8 Å². The van der Waals surface area contributed by atoms with Crippen LogP contribution in [0.5, 0.6) is 0 Å². The summed E-state index contributed by atoms with van der Waals surface area (Å²) in [7, 11) is 0. The normalized spacial score (nSPS) is 12.4. The first-order valence-electron chi connectivity index (χ1n) is 6.01. The summed E-state index contributed by atoms with van der Waals surface area (Å²) in [4.78, 5) is 21.1. The molecule has 0 saturated heterocycles. The van der Waals surface area contributed by atoms with Crippen molar-refractivity contribution in [3.63, 3.8) is 0 Å². The Morgan fingerprint density at radius 2 is 2.28 bits per heavy atom. The molecule has 0 radical (unpaired) electrons. The lowest BCUT2D eigenvalue weighted by molar-refractivity contribution is 0.865. The van der Waals surface area contributed by atoms with E-state index in [0.717, 1.165) is 6.42 Å². The first-order valence-corrected chi connectivity index (χ1v) is 6.83. The zero-order valence-electron chi connectivity index (χ0n) is 10.8. The number of nitrogens with one attached hydrogen (secondary N) is 2. The van der Waals surface area contributed by atoms with Crippen LogP contribution in [0.15, 0.2) is 23.0 Å². The van der Waals surface area contributed by atoms with Crippen LogP contribution in [-0.2, 0) is 6.42 Å². The van der Waals surface area contributed by atoms with Crippen molar-refractivity contribution in [3.8, 4) is 0 Å². The minimum absolute atomic E-state index is 0.112. The third-order valence-corrected chi connectivity index (χ3v) is 3.86. The largest absolute Gasteiger partial charge is 0.363 e. The molecule has 2 aromatic rings. The molecule has 2 aromatic heterocycles. The molecule has 5 heteroatoms. The number of hydrogen-bond donors (Lipinski definition) is 2. The molecule has 0 aliphatic rings. The van der Waals surface area contributed by atoms with Crippen LogP contribution in [0, 0.1) is 6.92 Å². The molecule has 0 aliphatic heterocycles. The minimum Gasteiger partial charge on any atom is -0.363 e. The predicted octanol–water partition coefficient (Wildman–Crippen LogP) is 2.88. The average molecular weight is 263 g/mol. The van der Waals surface area contributed by atoms with Crippen molar-refractivity contribution in [1.29, 1.82) is 0 Å². The SMILES string of the molecule is CCc1nc(NC(C)c2ccc(C)s2)cc(=O)[nH]1. The quantitative estimate of drug-likeness (QED) is 0.891. The Bertz CT molecular complexity index is 588. The predicted molar refractivity (Wildman–Crippen MR) is 75.3 cm³/mol. The molecule has 96 valence electrons. The zero-order chi connectivity index (χ0) is 13.1. The van der Waals surface area contributed by atoms with Gasteiger partial charge in [-0.05, 0) is 26.0 Å². The van der Waals surface area contributed by atoms with E-state index in [1.165, 1.54) is 15.8 Å². The van der Waals surface area contributed by atoms with E-state index >= 15 is 0 Å². The molecule has 0 bridgehead atoms. The van der Waals surface area contributed by atoms with Crippen LogP contribution >= 0.6 is 11.3 Å². The Hall–Kier alpha value is -1.62. The smallest absolute Gasteiger partial charge is 0.252 e. The maximum absolute atomic E-state index is 11.5. The highest BCUT2D eigenvalue weighted by Crippen LogP contribution is 2.24. The van der Waals surface area contributed by atoms with Crippen LogP contribution in [0.2, 0.25) is 0 Å². The van der Waals surface area contributed by atoms with Gasteiger partial charge in [-0.2, -0.15) is 0 Å². The lowest BCUT2D eigenvalue weighted by atomic mass is 10.2. The summed E-state index contributed by atoms with van der Waals surface area (Å²) in [6.45, 7) is 6.12. The van der Waals surface area contributed by atoms with Crippen LogP contribution in [-0.4, -0.2) is 9.97 Å². The third kappa shape index (κ3) is 2.98. The van der Waals surface area contributed by atoms with Gasteiger partial charge < -0.3 is 10.3 Å². The molecule has 0 fully saturated rings. The van der Waals surface area contributed by atoms with E-state index < -0.39 is 0 Å². The standard InChI is InChI=1S/C13H17N3OS/c1-4-11-15-12(7-13(17)16-11)14-9(3)10-6-5-8(2)18-10/h5-7,9H,4H2,1-3H3,(H2,14,15,16,17). The van der Waals surface area contributed by atoms with Gasteiger partial charge in [0, 0.05) is 22.2 Å². The van der Waals surface area contributed by atoms with E-state index in [1.807, 2.05) is 6.92 Å². The summed E-state index contributed by atoms with van der Waals surface area (Å²) in [5.74, 6) is 1.34. The summed E-state index contributed by atoms with van der Waals surface area (Å²) in [6, 6.07) is 5.85. The Balaban J connectivity index is 2.18. The molecule has 4 nitrogen and oxygen atoms in total. The van der Waals surface area contributed by atoms with Gasteiger partial charge in [0.05, 0.1) is 6.04 Å². The molecule has 0 saturated carbocycles. The molecule has 0 aromatic carbocycles. The van der Waals surface area contributed by atoms with Crippen molar-refractivity contribution in [1.82, 2.24) is 9.97 Å². The Morgan fingerprint density at radius 3 is 2.89 bits per heavy atom. The van der Waals surface area contributed by atoms with Gasteiger partial charge in [0.25, 0.3) is 5.56 Å². The van der Waals surface area contributed by atoms with E-state index in [2.05, 4.69) is 41.3 Å². The van der Waals surface area contributed by atoms with E-state index in [-0.39, 0.29) is 11.6 Å². The van der Waals surface area contributed by atoms with Crippen LogP contribution in [0.3, 0.4) is 0 Å². The molecular formula is C13H17N3OS. The first kappa shape index (κ1) is 12.8. The minimum atomic E-state index is -0.112. The molecule has 2 N–H and O–H groups in total. The van der Waals surface area contributed by atoms with Crippen molar-refractivity contribution < 1.29 is 0 Å². The van der Waals surface area contributed by atoms with E-state index in [1.54, 1.807) is 11.3 Å². The number of aromatic nitrogens is 2. The van der Waals surface area contributed by atoms with Crippen molar-refractivity contribution in [3.05, 3.63) is 44.1 Å². The number of aryl methyl sites for hydroxylation is 2. The Morgan fingerprint density at radius 1 is 1.50 bits per heavy atom. The molecule has 1 unspecified atom stereocenters. The maximum atomic E-state index is 11.5. The van der Waals surface area contributed by atoms with Crippen LogP contribution in [0.1, 0.15) is 35.5 Å². The number of anilines is 1. The van der Waals surface area contributed by atoms with Gasteiger partial charge >= 0.3 is 0 Å². The lowest BCUT2D eigenvalue weighted by Gasteiger charge is -2.13. The summed E-state index contributed by atoms with van der Waals surface area (Å²) in [5.41, 5.74) is -0.112. The van der Waals surface area contributed by atoms with Gasteiger partial charge in [0.15, 0.2) is 0 Å². The zero-order valence-corrected chi connectivity index (χ0v) is 11.6. The number of nitrogens with zero attached hydrogens (tertiary/aromatic N) is 1. The van der Waals surface area contributed by atoms with Crippen molar-refractivity contribution in [2.75, 3.05) is 5.32 Å². The average Bonchev–Trinajstić information content (AvgIpc) is 2.75. The van der Waals surface area contributed by atoms with Crippen LogP contribution < -0.4 is 10.9 Å². The molecule has 2 rings (SSSR count). The fourth-order valence-corrected chi connectivity index (χ4v) is 2.61. The van der Waals surface area contributed by atoms with Crippen molar-refractivity contribution >= 4 is 17.2 Å². The second-order valence-electron chi connectivity index (χ2n) is 4.25. The van der Waals surface area contributed by atoms with Gasteiger partial charge in [-0.1, -0.05) is 6.92 Å². The van der Waals surface area contributed by atoms with Crippen LogP contribution in [0.25, 0.3) is 0 Å². The van der Waals surface area contributed by atoms with E-state index in [9.17, 15) is 4.79 Å². The molecule has 18 heavy (non-hydrogen) atoms. The first-order chi connectivity index (χ1) is 8.58. The van der Waals surface area contributed by atoms with Gasteiger partial charge in [-0.3, -0.25) is 4.79 Å². The van der Waals surface area contributed by atoms with Gasteiger partial charge in [0.1, 0.15) is 11.6 Å². The van der Waals surface area contributed by atoms with Gasteiger partial charge in [-0.15, -0.1) is 11.3 Å². The number of thiophene rings is 1. The Kier molecular flexibility index (Phi) is 3.81. The Labute approximate surface area is 110 Å². The number of rotatable bonds is 4. The van der Waals surface area contributed by atoms with Gasteiger partial charge in [-0.25, -0.2) is 4.98 Å².